The first kappa shape index (κ1) is 16.6. The zero-order valence-electron chi connectivity index (χ0n) is 13.4. The van der Waals surface area contributed by atoms with E-state index < -0.39 is 0 Å². The van der Waals surface area contributed by atoms with Crippen molar-refractivity contribution in [3.63, 3.8) is 0 Å². The lowest BCUT2D eigenvalue weighted by atomic mass is 9.83. The fourth-order valence-corrected chi connectivity index (χ4v) is 3.76. The first-order valence-corrected chi connectivity index (χ1v) is 8.98. The second-order valence-electron chi connectivity index (χ2n) is 6.52. The Balaban J connectivity index is 1.93. The summed E-state index contributed by atoms with van der Waals surface area (Å²) in [6.45, 7) is 6.45. The molecular weight excluding hydrogens is 328 g/mol. The van der Waals surface area contributed by atoms with Gasteiger partial charge in [-0.25, -0.2) is 0 Å². The summed E-state index contributed by atoms with van der Waals surface area (Å²) in [7, 11) is 0. The Hall–Kier alpha value is -0.770. The molecule has 0 unspecified atom stereocenters. The molecule has 1 fully saturated rings. The number of aromatic nitrogens is 1. The molecule has 3 nitrogen and oxygen atoms in total. The van der Waals surface area contributed by atoms with E-state index in [1.807, 2.05) is 16.8 Å². The number of nitrogens with one attached hydrogen (secondary N) is 1. The lowest BCUT2D eigenvalue weighted by molar-refractivity contribution is 0.0910. The third kappa shape index (κ3) is 4.35. The number of hydrogen-bond acceptors (Lipinski definition) is 1. The van der Waals surface area contributed by atoms with Crippen LogP contribution in [-0.2, 0) is 0 Å². The summed E-state index contributed by atoms with van der Waals surface area (Å²) in [4.78, 5) is 12.5. The van der Waals surface area contributed by atoms with E-state index in [-0.39, 0.29) is 11.9 Å². The lowest BCUT2D eigenvalue weighted by Crippen LogP contribution is -2.38. The van der Waals surface area contributed by atoms with Crippen LogP contribution in [0.15, 0.2) is 16.7 Å². The van der Waals surface area contributed by atoms with Crippen molar-refractivity contribution in [1.29, 1.82) is 0 Å². The van der Waals surface area contributed by atoms with Crippen LogP contribution in [0.1, 0.15) is 75.8 Å². The van der Waals surface area contributed by atoms with Gasteiger partial charge in [0.2, 0.25) is 0 Å². The average molecular weight is 355 g/mol. The first-order valence-electron chi connectivity index (χ1n) is 8.19. The molecule has 0 saturated heterocycles. The van der Waals surface area contributed by atoms with E-state index in [4.69, 9.17) is 0 Å². The number of rotatable bonds is 5. The van der Waals surface area contributed by atoms with Gasteiger partial charge in [0.25, 0.3) is 5.91 Å². The summed E-state index contributed by atoms with van der Waals surface area (Å²) < 4.78 is 3.00. The van der Waals surface area contributed by atoms with Gasteiger partial charge in [-0.15, -0.1) is 0 Å². The Bertz CT molecular complexity index is 473. The van der Waals surface area contributed by atoms with Crippen molar-refractivity contribution in [1.82, 2.24) is 9.88 Å². The van der Waals surface area contributed by atoms with Gasteiger partial charge in [0.1, 0.15) is 5.69 Å². The summed E-state index contributed by atoms with van der Waals surface area (Å²) in [6, 6.07) is 2.55. The van der Waals surface area contributed by atoms with E-state index in [9.17, 15) is 4.79 Å². The minimum Gasteiger partial charge on any atom is -0.348 e. The van der Waals surface area contributed by atoms with E-state index in [1.54, 1.807) is 0 Å². The quantitative estimate of drug-likeness (QED) is 0.799. The van der Waals surface area contributed by atoms with Gasteiger partial charge >= 0.3 is 0 Å². The topological polar surface area (TPSA) is 34.0 Å². The molecule has 1 aliphatic rings. The van der Waals surface area contributed by atoms with Crippen LogP contribution < -0.4 is 5.32 Å². The summed E-state index contributed by atoms with van der Waals surface area (Å²) in [5, 5.41) is 3.23. The minimum atomic E-state index is 0.0633. The Morgan fingerprint density at radius 3 is 2.62 bits per heavy atom. The monoisotopic (exact) mass is 354 g/mol. The summed E-state index contributed by atoms with van der Waals surface area (Å²) in [5.74, 6) is 0.935. The minimum absolute atomic E-state index is 0.0633. The molecule has 0 atom stereocenters. The molecule has 0 aliphatic heterocycles. The molecule has 0 radical (unpaired) electrons. The largest absolute Gasteiger partial charge is 0.348 e. The molecular formula is C17H27BrN2O. The highest BCUT2D eigenvalue weighted by Crippen LogP contribution is 2.28. The predicted molar refractivity (Wildman–Crippen MR) is 90.6 cm³/mol. The maximum atomic E-state index is 12.5. The van der Waals surface area contributed by atoms with Crippen molar-refractivity contribution in [2.24, 2.45) is 5.92 Å². The van der Waals surface area contributed by atoms with Crippen molar-refractivity contribution in [2.45, 2.75) is 71.4 Å². The number of carbonyl (C=O) groups excluding carboxylic acids is 1. The molecule has 1 saturated carbocycles. The number of carbonyl (C=O) groups is 1. The van der Waals surface area contributed by atoms with Gasteiger partial charge in [0.15, 0.2) is 0 Å². The molecule has 0 bridgehead atoms. The predicted octanol–water partition coefficient (Wildman–Crippen LogP) is 4.92. The highest BCUT2D eigenvalue weighted by atomic mass is 79.9. The Labute approximate surface area is 136 Å². The van der Waals surface area contributed by atoms with Crippen LogP contribution in [0.2, 0.25) is 0 Å². The first-order chi connectivity index (χ1) is 10.0. The summed E-state index contributed by atoms with van der Waals surface area (Å²) in [6.07, 6.45) is 9.36. The molecule has 4 heteroatoms. The Morgan fingerprint density at radius 2 is 2.05 bits per heavy atom. The standard InChI is InChI=1S/C17H27BrN2O/c1-4-5-13-6-8-15(9-7-13)19-17(21)16-10-14(18)11-20(16)12(2)3/h10-13,15H,4-9H2,1-3H3,(H,19,21). The number of nitrogens with zero attached hydrogens (tertiary/aromatic N) is 1. The lowest BCUT2D eigenvalue weighted by Gasteiger charge is -2.29. The SMILES string of the molecule is CCCC1CCC(NC(=O)c2cc(Br)cn2C(C)C)CC1. The second-order valence-corrected chi connectivity index (χ2v) is 7.44. The van der Waals surface area contributed by atoms with Crippen LogP contribution in [0, 0.1) is 5.92 Å². The third-order valence-corrected chi connectivity index (χ3v) is 4.92. The normalized spacial score (nSPS) is 22.5. The molecule has 1 amide bonds. The number of hydrogen-bond donors (Lipinski definition) is 1. The summed E-state index contributed by atoms with van der Waals surface area (Å²) in [5.41, 5.74) is 0.757. The van der Waals surface area contributed by atoms with E-state index in [0.29, 0.717) is 6.04 Å². The van der Waals surface area contributed by atoms with Gasteiger partial charge in [0.05, 0.1) is 0 Å². The molecule has 1 N–H and O–H groups in total. The van der Waals surface area contributed by atoms with Crippen molar-refractivity contribution < 1.29 is 4.79 Å². The van der Waals surface area contributed by atoms with Gasteiger partial charge in [0, 0.05) is 22.8 Å². The molecule has 1 aromatic heterocycles. The Kier molecular flexibility index (Phi) is 5.91. The molecule has 2 rings (SSSR count). The van der Waals surface area contributed by atoms with E-state index in [2.05, 4.69) is 42.0 Å². The van der Waals surface area contributed by atoms with Gasteiger partial charge in [-0.05, 0) is 67.4 Å². The number of amides is 1. The third-order valence-electron chi connectivity index (χ3n) is 4.48. The molecule has 0 spiro atoms. The smallest absolute Gasteiger partial charge is 0.268 e. The average Bonchev–Trinajstić information content (AvgIpc) is 2.84. The molecule has 1 aromatic rings. The summed E-state index contributed by atoms with van der Waals surface area (Å²) >= 11 is 3.47. The van der Waals surface area contributed by atoms with Crippen LogP contribution >= 0.6 is 15.9 Å². The highest BCUT2D eigenvalue weighted by Gasteiger charge is 2.23. The zero-order chi connectivity index (χ0) is 15.4. The van der Waals surface area contributed by atoms with Gasteiger partial charge < -0.3 is 9.88 Å². The number of halogens is 1. The van der Waals surface area contributed by atoms with Gasteiger partial charge in [-0.1, -0.05) is 19.8 Å². The van der Waals surface area contributed by atoms with Crippen LogP contribution in [0.3, 0.4) is 0 Å². The maximum absolute atomic E-state index is 12.5. The maximum Gasteiger partial charge on any atom is 0.268 e. The molecule has 118 valence electrons. The van der Waals surface area contributed by atoms with Crippen LogP contribution in [0.4, 0.5) is 0 Å². The zero-order valence-corrected chi connectivity index (χ0v) is 14.9. The van der Waals surface area contributed by atoms with Crippen molar-refractivity contribution >= 4 is 21.8 Å². The van der Waals surface area contributed by atoms with Crippen molar-refractivity contribution in [3.05, 3.63) is 22.4 Å². The van der Waals surface area contributed by atoms with Crippen LogP contribution in [-0.4, -0.2) is 16.5 Å². The van der Waals surface area contributed by atoms with Crippen LogP contribution in [0.5, 0.6) is 0 Å². The fourth-order valence-electron chi connectivity index (χ4n) is 3.32. The van der Waals surface area contributed by atoms with E-state index >= 15 is 0 Å². The highest BCUT2D eigenvalue weighted by molar-refractivity contribution is 9.10. The second kappa shape index (κ2) is 7.48. The van der Waals surface area contributed by atoms with Crippen molar-refractivity contribution in [3.8, 4) is 0 Å². The van der Waals surface area contributed by atoms with E-state index in [0.717, 1.165) is 28.9 Å². The molecule has 21 heavy (non-hydrogen) atoms. The fraction of sp³-hybridized carbons (Fsp3) is 0.706. The Morgan fingerprint density at radius 1 is 1.38 bits per heavy atom. The molecule has 1 heterocycles. The van der Waals surface area contributed by atoms with Crippen LogP contribution in [0.25, 0.3) is 0 Å². The van der Waals surface area contributed by atoms with Crippen molar-refractivity contribution in [2.75, 3.05) is 0 Å². The molecule has 0 aromatic carbocycles. The van der Waals surface area contributed by atoms with E-state index in [1.165, 1.54) is 25.7 Å². The van der Waals surface area contributed by atoms with Gasteiger partial charge in [-0.2, -0.15) is 0 Å². The molecule has 1 aliphatic carbocycles. The van der Waals surface area contributed by atoms with Gasteiger partial charge in [-0.3, -0.25) is 4.79 Å².